The number of aryl methyl sites for hydroxylation is 1. The van der Waals surface area contributed by atoms with Crippen molar-refractivity contribution in [1.82, 2.24) is 10.3 Å². The van der Waals surface area contributed by atoms with Gasteiger partial charge in [-0.1, -0.05) is 29.3 Å². The van der Waals surface area contributed by atoms with Crippen LogP contribution in [-0.4, -0.2) is 17.4 Å². The molecule has 0 unspecified atom stereocenters. The Bertz CT molecular complexity index is 841. The van der Waals surface area contributed by atoms with Gasteiger partial charge in [0.25, 0.3) is 5.91 Å². The smallest absolute Gasteiger partial charge is 0.262 e. The molecule has 1 aromatic carbocycles. The summed E-state index contributed by atoms with van der Waals surface area (Å²) in [5, 5.41) is 7.91. The lowest BCUT2D eigenvalue weighted by molar-refractivity contribution is 0.0958. The van der Waals surface area contributed by atoms with Gasteiger partial charge in [-0.05, 0) is 19.1 Å². The van der Waals surface area contributed by atoms with Crippen LogP contribution in [0.3, 0.4) is 0 Å². The van der Waals surface area contributed by atoms with Crippen molar-refractivity contribution in [3.63, 3.8) is 0 Å². The molecule has 2 heterocycles. The van der Waals surface area contributed by atoms with Crippen molar-refractivity contribution < 1.29 is 4.79 Å². The third-order valence-corrected chi connectivity index (χ3v) is 5.84. The highest BCUT2D eigenvalue weighted by Gasteiger charge is 2.17. The molecule has 0 atom stereocenters. The van der Waals surface area contributed by atoms with Crippen LogP contribution in [0.1, 0.15) is 20.4 Å². The molecule has 0 aliphatic heterocycles. The van der Waals surface area contributed by atoms with Gasteiger partial charge in [-0.25, -0.2) is 4.98 Å². The number of fused-ring (bicyclic) bond motifs is 1. The Hall–Kier alpha value is -1.14. The molecule has 1 N–H and O–H groups in total. The van der Waals surface area contributed by atoms with Crippen LogP contribution in [0, 0.1) is 6.92 Å². The Labute approximate surface area is 145 Å². The second-order valence-electron chi connectivity index (χ2n) is 4.75. The molecule has 0 fully saturated rings. The molecule has 0 saturated heterocycles. The average molecular weight is 371 g/mol. The van der Waals surface area contributed by atoms with E-state index < -0.39 is 0 Å². The van der Waals surface area contributed by atoms with Crippen LogP contribution in [0.15, 0.2) is 23.6 Å². The van der Waals surface area contributed by atoms with E-state index in [0.29, 0.717) is 27.9 Å². The minimum atomic E-state index is -0.158. The Balaban J connectivity index is 1.70. The van der Waals surface area contributed by atoms with E-state index in [1.165, 1.54) is 11.3 Å². The number of rotatable bonds is 4. The van der Waals surface area contributed by atoms with Gasteiger partial charge >= 0.3 is 0 Å². The molecule has 22 heavy (non-hydrogen) atoms. The fourth-order valence-corrected chi connectivity index (χ4v) is 4.45. The van der Waals surface area contributed by atoms with Crippen LogP contribution >= 0.6 is 45.9 Å². The van der Waals surface area contributed by atoms with Gasteiger partial charge in [0, 0.05) is 33.5 Å². The fraction of sp³-hybridized carbons (Fsp3) is 0.200. The maximum Gasteiger partial charge on any atom is 0.262 e. The number of thiophene rings is 1. The van der Waals surface area contributed by atoms with Gasteiger partial charge in [0.2, 0.25) is 0 Å². The van der Waals surface area contributed by atoms with E-state index in [0.717, 1.165) is 20.8 Å². The average Bonchev–Trinajstić information content (AvgIpc) is 3.03. The SMILES string of the molecule is Cc1nc(CCNC(=O)c2sc3cc(Cl)ccc3c2Cl)cs1. The first-order chi connectivity index (χ1) is 10.5. The second kappa shape index (κ2) is 6.54. The summed E-state index contributed by atoms with van der Waals surface area (Å²) in [6, 6.07) is 5.43. The molecule has 1 amide bonds. The first kappa shape index (κ1) is 15.7. The Morgan fingerprint density at radius 2 is 2.18 bits per heavy atom. The molecular formula is C15H12Cl2N2OS2. The number of aromatic nitrogens is 1. The van der Waals surface area contributed by atoms with Gasteiger partial charge in [-0.3, -0.25) is 4.79 Å². The lowest BCUT2D eigenvalue weighted by atomic mass is 10.2. The second-order valence-corrected chi connectivity index (χ2v) is 7.68. The highest BCUT2D eigenvalue weighted by molar-refractivity contribution is 7.21. The van der Waals surface area contributed by atoms with E-state index in [9.17, 15) is 4.79 Å². The maximum absolute atomic E-state index is 12.3. The maximum atomic E-state index is 12.3. The van der Waals surface area contributed by atoms with E-state index in [4.69, 9.17) is 23.2 Å². The van der Waals surface area contributed by atoms with Gasteiger partial charge in [0.05, 0.1) is 15.7 Å². The van der Waals surface area contributed by atoms with Gasteiger partial charge in [-0.2, -0.15) is 0 Å². The number of hydrogen-bond acceptors (Lipinski definition) is 4. The topological polar surface area (TPSA) is 42.0 Å². The van der Waals surface area contributed by atoms with Crippen molar-refractivity contribution in [3.8, 4) is 0 Å². The summed E-state index contributed by atoms with van der Waals surface area (Å²) in [5.74, 6) is -0.158. The molecule has 114 valence electrons. The molecule has 0 aliphatic carbocycles. The first-order valence-electron chi connectivity index (χ1n) is 6.61. The molecule has 3 rings (SSSR count). The van der Waals surface area contributed by atoms with Crippen molar-refractivity contribution in [2.24, 2.45) is 0 Å². The van der Waals surface area contributed by atoms with E-state index >= 15 is 0 Å². The number of nitrogens with zero attached hydrogens (tertiary/aromatic N) is 1. The van der Waals surface area contributed by atoms with E-state index in [-0.39, 0.29) is 5.91 Å². The number of carbonyl (C=O) groups is 1. The Morgan fingerprint density at radius 1 is 1.36 bits per heavy atom. The predicted octanol–water partition coefficient (Wildman–Crippen LogP) is 4.95. The number of hydrogen-bond donors (Lipinski definition) is 1. The zero-order valence-corrected chi connectivity index (χ0v) is 14.8. The highest BCUT2D eigenvalue weighted by atomic mass is 35.5. The van der Waals surface area contributed by atoms with Crippen molar-refractivity contribution in [2.75, 3.05) is 6.54 Å². The number of carbonyl (C=O) groups excluding carboxylic acids is 1. The molecule has 3 aromatic rings. The van der Waals surface area contributed by atoms with E-state index in [2.05, 4.69) is 10.3 Å². The minimum Gasteiger partial charge on any atom is -0.351 e. The summed E-state index contributed by atoms with van der Waals surface area (Å²) in [4.78, 5) is 17.2. The van der Waals surface area contributed by atoms with E-state index in [1.54, 1.807) is 17.4 Å². The van der Waals surface area contributed by atoms with Crippen LogP contribution in [0.4, 0.5) is 0 Å². The van der Waals surface area contributed by atoms with Crippen molar-refractivity contribution in [1.29, 1.82) is 0 Å². The number of amides is 1. The Kier molecular flexibility index (Phi) is 4.68. The van der Waals surface area contributed by atoms with E-state index in [1.807, 2.05) is 24.4 Å². The zero-order chi connectivity index (χ0) is 15.7. The molecule has 7 heteroatoms. The van der Waals surface area contributed by atoms with Gasteiger partial charge in [-0.15, -0.1) is 22.7 Å². The lowest BCUT2D eigenvalue weighted by Gasteiger charge is -2.02. The van der Waals surface area contributed by atoms with Crippen LogP contribution < -0.4 is 5.32 Å². The first-order valence-corrected chi connectivity index (χ1v) is 9.06. The number of benzene rings is 1. The van der Waals surface area contributed by atoms with Crippen LogP contribution in [0.2, 0.25) is 10.0 Å². The largest absolute Gasteiger partial charge is 0.351 e. The minimum absolute atomic E-state index is 0.158. The molecule has 0 radical (unpaired) electrons. The lowest BCUT2D eigenvalue weighted by Crippen LogP contribution is -2.25. The van der Waals surface area contributed by atoms with Gasteiger partial charge in [0.15, 0.2) is 0 Å². The van der Waals surface area contributed by atoms with Crippen LogP contribution in [0.25, 0.3) is 10.1 Å². The normalized spacial score (nSPS) is 11.0. The fourth-order valence-electron chi connectivity index (χ4n) is 2.09. The van der Waals surface area contributed by atoms with Crippen molar-refractivity contribution >= 4 is 61.9 Å². The van der Waals surface area contributed by atoms with Gasteiger partial charge < -0.3 is 5.32 Å². The zero-order valence-electron chi connectivity index (χ0n) is 11.7. The van der Waals surface area contributed by atoms with Crippen molar-refractivity contribution in [3.05, 3.63) is 49.2 Å². The predicted molar refractivity (Wildman–Crippen MR) is 94.7 cm³/mol. The third-order valence-electron chi connectivity index (χ3n) is 3.13. The quantitative estimate of drug-likeness (QED) is 0.705. The molecule has 0 spiro atoms. The molecule has 2 aromatic heterocycles. The van der Waals surface area contributed by atoms with Crippen LogP contribution in [0.5, 0.6) is 0 Å². The molecule has 0 bridgehead atoms. The summed E-state index contributed by atoms with van der Waals surface area (Å²) < 4.78 is 0.915. The number of thiazole rings is 1. The number of halogens is 2. The molecular weight excluding hydrogens is 359 g/mol. The monoisotopic (exact) mass is 370 g/mol. The molecule has 0 saturated carbocycles. The summed E-state index contributed by atoms with van der Waals surface area (Å²) in [5.41, 5.74) is 0.997. The van der Waals surface area contributed by atoms with Crippen molar-refractivity contribution in [2.45, 2.75) is 13.3 Å². The Morgan fingerprint density at radius 3 is 2.91 bits per heavy atom. The summed E-state index contributed by atoms with van der Waals surface area (Å²) in [7, 11) is 0. The molecule has 3 nitrogen and oxygen atoms in total. The standard InChI is InChI=1S/C15H12Cl2N2OS2/c1-8-19-10(7-21-8)4-5-18-15(20)14-13(17)11-3-2-9(16)6-12(11)22-14/h2-3,6-7H,4-5H2,1H3,(H,18,20). The molecule has 0 aliphatic rings. The summed E-state index contributed by atoms with van der Waals surface area (Å²) in [6.45, 7) is 2.50. The third kappa shape index (κ3) is 3.27. The summed E-state index contributed by atoms with van der Waals surface area (Å²) >= 11 is 15.2. The number of nitrogens with one attached hydrogen (secondary N) is 1. The van der Waals surface area contributed by atoms with Crippen LogP contribution in [-0.2, 0) is 6.42 Å². The summed E-state index contributed by atoms with van der Waals surface area (Å²) in [6.07, 6.45) is 0.713. The van der Waals surface area contributed by atoms with Gasteiger partial charge in [0.1, 0.15) is 4.88 Å². The highest BCUT2D eigenvalue weighted by Crippen LogP contribution is 2.36.